The molecule has 1 heterocycles. The molecule has 0 fully saturated rings. The predicted molar refractivity (Wildman–Crippen MR) is 82.9 cm³/mol. The number of nitriles is 2. The van der Waals surface area contributed by atoms with E-state index in [2.05, 4.69) is 0 Å². The molecule has 21 heavy (non-hydrogen) atoms. The van der Waals surface area contributed by atoms with Crippen LogP contribution in [0.2, 0.25) is 0 Å². The third kappa shape index (κ3) is 2.79. The van der Waals surface area contributed by atoms with E-state index in [4.69, 9.17) is 10.5 Å². The normalized spacial score (nSPS) is 11.0. The van der Waals surface area contributed by atoms with E-state index in [1.165, 1.54) is 15.9 Å². The highest BCUT2D eigenvalue weighted by molar-refractivity contribution is 7.07. The predicted octanol–water partition coefficient (Wildman–Crippen LogP) is 1.26. The lowest BCUT2D eigenvalue weighted by molar-refractivity contribution is 0.722. The van der Waals surface area contributed by atoms with Crippen LogP contribution in [-0.2, 0) is 6.54 Å². The number of aromatic nitrogens is 1. The van der Waals surface area contributed by atoms with Gasteiger partial charge >= 0.3 is 0 Å². The van der Waals surface area contributed by atoms with Crippen molar-refractivity contribution in [3.05, 3.63) is 54.9 Å². The van der Waals surface area contributed by atoms with Gasteiger partial charge in [0, 0.05) is 6.54 Å². The topological polar surface area (TPSA) is 69.6 Å². The minimum Gasteiger partial charge on any atom is -0.298 e. The summed E-state index contributed by atoms with van der Waals surface area (Å²) in [6, 6.07) is 11.5. The smallest absolute Gasteiger partial charge is 0.269 e. The van der Waals surface area contributed by atoms with Gasteiger partial charge in [0.2, 0.25) is 0 Å². The highest BCUT2D eigenvalue weighted by atomic mass is 32.1. The molecule has 0 N–H and O–H groups in total. The number of aryl methyl sites for hydroxylation is 1. The first-order valence-electron chi connectivity index (χ1n) is 6.43. The van der Waals surface area contributed by atoms with Crippen LogP contribution in [0.3, 0.4) is 0 Å². The van der Waals surface area contributed by atoms with Gasteiger partial charge in [-0.15, -0.1) is 11.3 Å². The van der Waals surface area contributed by atoms with Crippen LogP contribution in [0, 0.1) is 29.6 Å². The Morgan fingerprint density at radius 3 is 2.57 bits per heavy atom. The van der Waals surface area contributed by atoms with E-state index in [-0.39, 0.29) is 11.1 Å². The van der Waals surface area contributed by atoms with E-state index in [0.717, 1.165) is 11.1 Å². The summed E-state index contributed by atoms with van der Waals surface area (Å²) in [5.41, 5.74) is 1.84. The minimum absolute atomic E-state index is 0.0246. The lowest BCUT2D eigenvalue weighted by atomic mass is 10.1. The fourth-order valence-electron chi connectivity index (χ4n) is 2.00. The summed E-state index contributed by atoms with van der Waals surface area (Å²) in [5.74, 6) is 0. The van der Waals surface area contributed by atoms with Crippen LogP contribution in [0.1, 0.15) is 18.1 Å². The monoisotopic (exact) mass is 295 g/mol. The van der Waals surface area contributed by atoms with Crippen LogP contribution < -0.4 is 14.8 Å². The molecule has 5 heteroatoms. The standard InChI is InChI=1S/C16H13N3OS/c1-3-19-15(20)14(21-16(19)13(9-17)10-18)8-12-7-5-4-6-11(12)2/h4-8H,3H2,1-2H3. The van der Waals surface area contributed by atoms with Gasteiger partial charge < -0.3 is 0 Å². The van der Waals surface area contributed by atoms with Gasteiger partial charge in [0.25, 0.3) is 5.56 Å². The molecule has 0 aliphatic rings. The Hall–Kier alpha value is -2.63. The van der Waals surface area contributed by atoms with E-state index < -0.39 is 0 Å². The van der Waals surface area contributed by atoms with E-state index >= 15 is 0 Å². The summed E-state index contributed by atoms with van der Waals surface area (Å²) in [5, 5.41) is 18.0. The molecule has 1 aromatic carbocycles. The molecule has 0 radical (unpaired) electrons. The summed E-state index contributed by atoms with van der Waals surface area (Å²) < 4.78 is 2.42. The van der Waals surface area contributed by atoms with Crippen LogP contribution in [-0.4, -0.2) is 4.57 Å². The highest BCUT2D eigenvalue weighted by Gasteiger charge is 2.07. The van der Waals surface area contributed by atoms with Gasteiger partial charge in [0.05, 0.1) is 4.53 Å². The van der Waals surface area contributed by atoms with Gasteiger partial charge in [-0.25, -0.2) is 0 Å². The average Bonchev–Trinajstić information content (AvgIpc) is 2.79. The lowest BCUT2D eigenvalue weighted by Gasteiger charge is -1.96. The van der Waals surface area contributed by atoms with Gasteiger partial charge in [0.15, 0.2) is 5.57 Å². The average molecular weight is 295 g/mol. The zero-order valence-corrected chi connectivity index (χ0v) is 12.6. The SMILES string of the molecule is CCn1c(=C(C#N)C#N)sc(=Cc2ccccc2C)c1=O. The number of hydrogen-bond acceptors (Lipinski definition) is 4. The maximum Gasteiger partial charge on any atom is 0.269 e. The van der Waals surface area contributed by atoms with Crippen LogP contribution in [0.5, 0.6) is 0 Å². The molecule has 0 spiro atoms. The van der Waals surface area contributed by atoms with Crippen LogP contribution >= 0.6 is 11.3 Å². The fourth-order valence-corrected chi connectivity index (χ4v) is 3.11. The summed E-state index contributed by atoms with van der Waals surface area (Å²) in [6.45, 7) is 4.22. The van der Waals surface area contributed by atoms with Crippen molar-refractivity contribution in [2.45, 2.75) is 20.4 Å². The molecule has 0 unspecified atom stereocenters. The Morgan fingerprint density at radius 2 is 2.00 bits per heavy atom. The Labute approximate surface area is 126 Å². The largest absolute Gasteiger partial charge is 0.298 e. The number of rotatable bonds is 2. The van der Waals surface area contributed by atoms with Crippen molar-refractivity contribution in [1.29, 1.82) is 10.5 Å². The van der Waals surface area contributed by atoms with Gasteiger partial charge in [0.1, 0.15) is 16.8 Å². The number of hydrogen-bond donors (Lipinski definition) is 0. The van der Waals surface area contributed by atoms with Gasteiger partial charge in [-0.2, -0.15) is 10.5 Å². The molecule has 4 nitrogen and oxygen atoms in total. The first-order chi connectivity index (χ1) is 10.1. The Kier molecular flexibility index (Phi) is 4.37. The first kappa shape index (κ1) is 14.8. The molecule has 0 saturated carbocycles. The molecule has 0 aliphatic heterocycles. The summed E-state index contributed by atoms with van der Waals surface area (Å²) in [6.07, 6.45) is 1.81. The maximum atomic E-state index is 12.4. The van der Waals surface area contributed by atoms with E-state index in [1.54, 1.807) is 0 Å². The van der Waals surface area contributed by atoms with Gasteiger partial charge in [-0.1, -0.05) is 24.3 Å². The third-order valence-electron chi connectivity index (χ3n) is 3.14. The van der Waals surface area contributed by atoms with Crippen LogP contribution in [0.15, 0.2) is 29.1 Å². The maximum absolute atomic E-state index is 12.4. The highest BCUT2D eigenvalue weighted by Crippen LogP contribution is 2.07. The molecule has 0 amide bonds. The quantitative estimate of drug-likeness (QED) is 0.837. The minimum atomic E-state index is -0.163. The van der Waals surface area contributed by atoms with Crippen molar-refractivity contribution in [3.63, 3.8) is 0 Å². The molecular formula is C16H13N3OS. The molecule has 0 atom stereocenters. The van der Waals surface area contributed by atoms with E-state index in [1.807, 2.05) is 56.3 Å². The van der Waals surface area contributed by atoms with Crippen molar-refractivity contribution in [1.82, 2.24) is 4.57 Å². The Balaban J connectivity index is 2.85. The second-order valence-electron chi connectivity index (χ2n) is 4.42. The Bertz CT molecular complexity index is 920. The van der Waals surface area contributed by atoms with Gasteiger partial charge in [-0.3, -0.25) is 9.36 Å². The van der Waals surface area contributed by atoms with Crippen molar-refractivity contribution in [2.24, 2.45) is 0 Å². The summed E-state index contributed by atoms with van der Waals surface area (Å²) in [4.78, 5) is 12.4. The van der Waals surface area contributed by atoms with E-state index in [0.29, 0.717) is 15.7 Å². The first-order valence-corrected chi connectivity index (χ1v) is 7.25. The molecule has 104 valence electrons. The van der Waals surface area contributed by atoms with E-state index in [9.17, 15) is 4.79 Å². The third-order valence-corrected chi connectivity index (χ3v) is 4.27. The van der Waals surface area contributed by atoms with Gasteiger partial charge in [-0.05, 0) is 31.1 Å². The zero-order valence-electron chi connectivity index (χ0n) is 11.8. The van der Waals surface area contributed by atoms with Crippen molar-refractivity contribution in [2.75, 3.05) is 0 Å². The zero-order chi connectivity index (χ0) is 15.4. The molecule has 0 saturated heterocycles. The molecule has 0 bridgehead atoms. The van der Waals surface area contributed by atoms with Crippen LogP contribution in [0.4, 0.5) is 0 Å². The molecule has 1 aromatic heterocycles. The molecule has 2 rings (SSSR count). The van der Waals surface area contributed by atoms with Crippen molar-refractivity contribution >= 4 is 23.0 Å². The van der Waals surface area contributed by atoms with Crippen LogP contribution in [0.25, 0.3) is 11.6 Å². The molecule has 2 aromatic rings. The molecule has 0 aliphatic carbocycles. The lowest BCUT2D eigenvalue weighted by Crippen LogP contribution is -2.31. The number of thiazole rings is 1. The second-order valence-corrected chi connectivity index (χ2v) is 5.45. The summed E-state index contributed by atoms with van der Waals surface area (Å²) >= 11 is 1.18. The second kappa shape index (κ2) is 6.21. The number of nitrogens with zero attached hydrogens (tertiary/aromatic N) is 3. The van der Waals surface area contributed by atoms with Crippen molar-refractivity contribution in [3.8, 4) is 12.1 Å². The number of benzene rings is 1. The molecular weight excluding hydrogens is 282 g/mol. The Morgan fingerprint density at radius 1 is 1.33 bits per heavy atom. The summed E-state index contributed by atoms with van der Waals surface area (Å²) in [7, 11) is 0. The van der Waals surface area contributed by atoms with Crippen molar-refractivity contribution < 1.29 is 0 Å². The fraction of sp³-hybridized carbons (Fsp3) is 0.188.